The molecule has 0 saturated heterocycles. The van der Waals surface area contributed by atoms with Crippen LogP contribution in [0.1, 0.15) is 16.7 Å². The number of hydrogen-bond donors (Lipinski definition) is 1. The Morgan fingerprint density at radius 3 is 2.50 bits per heavy atom. The number of aromatic nitrogens is 4. The standard InChI is InChI=1S/C17H16F3N5O2S/c1-21-28(26,27)14-7-6-12(15(10-14)16-22-24-25(2)23-16)8-11-4-3-5-13(9-11)17(18,19)20/h3-7,9-10,21H,8H2,1-2H3. The average molecular weight is 411 g/mol. The van der Waals surface area contributed by atoms with Crippen LogP contribution in [0, 0.1) is 0 Å². The van der Waals surface area contributed by atoms with Gasteiger partial charge in [0.2, 0.25) is 15.8 Å². The van der Waals surface area contributed by atoms with E-state index >= 15 is 0 Å². The highest BCUT2D eigenvalue weighted by molar-refractivity contribution is 7.89. The summed E-state index contributed by atoms with van der Waals surface area (Å²) >= 11 is 0. The largest absolute Gasteiger partial charge is 0.416 e. The van der Waals surface area contributed by atoms with Gasteiger partial charge < -0.3 is 0 Å². The molecular weight excluding hydrogens is 395 g/mol. The van der Waals surface area contributed by atoms with Crippen molar-refractivity contribution in [2.75, 3.05) is 7.05 Å². The molecule has 148 valence electrons. The van der Waals surface area contributed by atoms with E-state index in [0.29, 0.717) is 16.7 Å². The molecule has 7 nitrogen and oxygen atoms in total. The molecule has 28 heavy (non-hydrogen) atoms. The summed E-state index contributed by atoms with van der Waals surface area (Å²) in [5.74, 6) is 0.178. The highest BCUT2D eigenvalue weighted by Gasteiger charge is 2.30. The maximum atomic E-state index is 13.0. The van der Waals surface area contributed by atoms with Gasteiger partial charge in [-0.2, -0.15) is 18.0 Å². The van der Waals surface area contributed by atoms with Crippen molar-refractivity contribution in [1.29, 1.82) is 0 Å². The van der Waals surface area contributed by atoms with Crippen molar-refractivity contribution in [2.45, 2.75) is 17.5 Å². The number of aryl methyl sites for hydroxylation is 1. The van der Waals surface area contributed by atoms with Crippen LogP contribution in [0.3, 0.4) is 0 Å². The molecule has 3 aromatic rings. The molecule has 3 rings (SSSR count). The van der Waals surface area contributed by atoms with Crippen LogP contribution in [0.15, 0.2) is 47.4 Å². The molecule has 0 fully saturated rings. The number of tetrazole rings is 1. The lowest BCUT2D eigenvalue weighted by Gasteiger charge is -2.12. The van der Waals surface area contributed by atoms with Gasteiger partial charge in [-0.25, -0.2) is 13.1 Å². The number of nitrogens with zero attached hydrogens (tertiary/aromatic N) is 4. The molecule has 0 atom stereocenters. The van der Waals surface area contributed by atoms with Gasteiger partial charge in [-0.1, -0.05) is 24.3 Å². The lowest BCUT2D eigenvalue weighted by Crippen LogP contribution is -2.18. The Morgan fingerprint density at radius 2 is 1.89 bits per heavy atom. The number of sulfonamides is 1. The van der Waals surface area contributed by atoms with Gasteiger partial charge in [0.25, 0.3) is 0 Å². The van der Waals surface area contributed by atoms with Crippen molar-refractivity contribution in [1.82, 2.24) is 24.9 Å². The molecule has 0 bridgehead atoms. The first kappa shape index (κ1) is 20.0. The fourth-order valence-electron chi connectivity index (χ4n) is 2.67. The van der Waals surface area contributed by atoms with E-state index in [2.05, 4.69) is 20.1 Å². The molecule has 0 saturated carbocycles. The van der Waals surface area contributed by atoms with Gasteiger partial charge in [0.15, 0.2) is 0 Å². The van der Waals surface area contributed by atoms with Gasteiger partial charge in [0.05, 0.1) is 17.5 Å². The van der Waals surface area contributed by atoms with Crippen molar-refractivity contribution in [3.05, 3.63) is 59.2 Å². The smallest absolute Gasteiger partial charge is 0.214 e. The Morgan fingerprint density at radius 1 is 1.14 bits per heavy atom. The Balaban J connectivity index is 2.08. The highest BCUT2D eigenvalue weighted by atomic mass is 32.2. The molecule has 2 aromatic carbocycles. The van der Waals surface area contributed by atoms with Crippen molar-refractivity contribution >= 4 is 10.0 Å². The molecule has 0 aliphatic carbocycles. The van der Waals surface area contributed by atoms with Gasteiger partial charge in [0.1, 0.15) is 0 Å². The van der Waals surface area contributed by atoms with E-state index in [1.54, 1.807) is 13.1 Å². The maximum Gasteiger partial charge on any atom is 0.416 e. The minimum atomic E-state index is -4.45. The molecule has 0 amide bonds. The van der Waals surface area contributed by atoms with E-state index in [1.165, 1.54) is 36.1 Å². The number of halogens is 3. The summed E-state index contributed by atoms with van der Waals surface area (Å²) in [5.41, 5.74) is 0.618. The third-order valence-electron chi connectivity index (χ3n) is 4.06. The topological polar surface area (TPSA) is 89.8 Å². The Bertz CT molecular complexity index is 1110. The third-order valence-corrected chi connectivity index (χ3v) is 5.47. The highest BCUT2D eigenvalue weighted by Crippen LogP contribution is 2.31. The summed E-state index contributed by atoms with van der Waals surface area (Å²) in [7, 11) is -0.883. The summed E-state index contributed by atoms with van der Waals surface area (Å²) in [6.07, 6.45) is -4.31. The Hall–Kier alpha value is -2.79. The molecule has 0 aliphatic rings. The minimum Gasteiger partial charge on any atom is -0.214 e. The van der Waals surface area contributed by atoms with Crippen LogP contribution in [0.2, 0.25) is 0 Å². The van der Waals surface area contributed by atoms with Crippen LogP contribution in [-0.2, 0) is 29.7 Å². The number of rotatable bonds is 5. The van der Waals surface area contributed by atoms with E-state index in [1.807, 2.05) is 0 Å². The fourth-order valence-corrected chi connectivity index (χ4v) is 3.43. The molecule has 1 aromatic heterocycles. The van der Waals surface area contributed by atoms with Crippen LogP contribution in [0.25, 0.3) is 11.4 Å². The van der Waals surface area contributed by atoms with E-state index in [-0.39, 0.29) is 17.1 Å². The van der Waals surface area contributed by atoms with Gasteiger partial charge >= 0.3 is 6.18 Å². The zero-order chi connectivity index (χ0) is 20.5. The van der Waals surface area contributed by atoms with Crippen molar-refractivity contribution in [3.63, 3.8) is 0 Å². The first-order valence-corrected chi connectivity index (χ1v) is 9.55. The Labute approximate surface area is 159 Å². The normalized spacial score (nSPS) is 12.3. The van der Waals surface area contributed by atoms with Crippen LogP contribution in [0.5, 0.6) is 0 Å². The Kier molecular flexibility index (Phi) is 5.22. The summed E-state index contributed by atoms with van der Waals surface area (Å²) < 4.78 is 65.4. The van der Waals surface area contributed by atoms with Gasteiger partial charge in [-0.05, 0) is 48.0 Å². The van der Waals surface area contributed by atoms with Crippen LogP contribution in [0.4, 0.5) is 13.2 Å². The van der Waals surface area contributed by atoms with E-state index in [9.17, 15) is 21.6 Å². The zero-order valence-electron chi connectivity index (χ0n) is 14.9. The molecule has 0 spiro atoms. The summed E-state index contributed by atoms with van der Waals surface area (Å²) in [5, 5.41) is 11.7. The first-order chi connectivity index (χ1) is 13.1. The average Bonchev–Trinajstić information content (AvgIpc) is 3.07. The van der Waals surface area contributed by atoms with Crippen LogP contribution in [-0.4, -0.2) is 35.7 Å². The lowest BCUT2D eigenvalue weighted by molar-refractivity contribution is -0.137. The number of alkyl halides is 3. The third kappa shape index (κ3) is 4.20. The SMILES string of the molecule is CNS(=O)(=O)c1ccc(Cc2cccc(C(F)(F)F)c2)c(-c2nnn(C)n2)c1. The van der Waals surface area contributed by atoms with Crippen LogP contribution < -0.4 is 4.72 Å². The van der Waals surface area contributed by atoms with E-state index < -0.39 is 21.8 Å². The second kappa shape index (κ2) is 7.32. The monoisotopic (exact) mass is 411 g/mol. The quantitative estimate of drug-likeness (QED) is 0.696. The second-order valence-corrected chi connectivity index (χ2v) is 7.89. The van der Waals surface area contributed by atoms with Gasteiger partial charge in [-0.15, -0.1) is 10.2 Å². The van der Waals surface area contributed by atoms with Gasteiger partial charge in [0, 0.05) is 5.56 Å². The molecule has 11 heteroatoms. The molecule has 0 radical (unpaired) electrons. The van der Waals surface area contributed by atoms with Crippen LogP contribution >= 0.6 is 0 Å². The first-order valence-electron chi connectivity index (χ1n) is 8.07. The van der Waals surface area contributed by atoms with Gasteiger partial charge in [-0.3, -0.25) is 0 Å². The van der Waals surface area contributed by atoms with E-state index in [0.717, 1.165) is 12.1 Å². The molecule has 1 heterocycles. The summed E-state index contributed by atoms with van der Waals surface area (Å²) in [6, 6.07) is 9.26. The molecule has 1 N–H and O–H groups in total. The van der Waals surface area contributed by atoms with Crippen molar-refractivity contribution < 1.29 is 21.6 Å². The predicted octanol–water partition coefficient (Wildman–Crippen LogP) is 2.39. The molecular formula is C17H16F3N5O2S. The number of hydrogen-bond acceptors (Lipinski definition) is 5. The summed E-state index contributed by atoms with van der Waals surface area (Å²) in [6.45, 7) is 0. The van der Waals surface area contributed by atoms with Crippen molar-refractivity contribution in [2.24, 2.45) is 7.05 Å². The molecule has 0 aliphatic heterocycles. The second-order valence-electron chi connectivity index (χ2n) is 6.00. The minimum absolute atomic E-state index is 0.00903. The van der Waals surface area contributed by atoms with Crippen molar-refractivity contribution in [3.8, 4) is 11.4 Å². The predicted molar refractivity (Wildman–Crippen MR) is 94.7 cm³/mol. The van der Waals surface area contributed by atoms with E-state index in [4.69, 9.17) is 0 Å². The summed E-state index contributed by atoms with van der Waals surface area (Å²) in [4.78, 5) is 1.20. The number of nitrogens with one attached hydrogen (secondary N) is 1. The number of benzene rings is 2. The lowest BCUT2D eigenvalue weighted by atomic mass is 9.98. The fraction of sp³-hybridized carbons (Fsp3) is 0.235. The zero-order valence-corrected chi connectivity index (χ0v) is 15.7. The maximum absolute atomic E-state index is 13.0. The molecule has 0 unspecified atom stereocenters.